The predicted molar refractivity (Wildman–Crippen MR) is 169 cm³/mol. The first-order chi connectivity index (χ1) is 19.3. The van der Waals surface area contributed by atoms with Crippen molar-refractivity contribution in [2.24, 2.45) is 0 Å². The van der Waals surface area contributed by atoms with Gasteiger partial charge in [-0.1, -0.05) is 84.3 Å². The van der Waals surface area contributed by atoms with E-state index in [4.69, 9.17) is 0 Å². The van der Waals surface area contributed by atoms with Crippen LogP contribution < -0.4 is 5.46 Å². The highest BCUT2D eigenvalue weighted by atomic mass is 15.0. The third-order valence-corrected chi connectivity index (χ3v) is 7.99. The van der Waals surface area contributed by atoms with E-state index in [1.165, 1.54) is 71.6 Å². The van der Waals surface area contributed by atoms with Gasteiger partial charge in [-0.25, -0.2) is 0 Å². The lowest BCUT2D eigenvalue weighted by Gasteiger charge is -2.09. The minimum atomic E-state index is 1.18. The van der Waals surface area contributed by atoms with Crippen molar-refractivity contribution in [3.63, 3.8) is 0 Å². The maximum absolute atomic E-state index is 2.38. The van der Waals surface area contributed by atoms with E-state index in [2.05, 4.69) is 157 Å². The molecule has 8 aromatic rings. The predicted octanol–water partition coefficient (Wildman–Crippen LogP) is 7.81. The molecule has 0 aliphatic heterocycles. The molecule has 0 saturated carbocycles. The van der Waals surface area contributed by atoms with Crippen molar-refractivity contribution >= 4 is 56.9 Å². The van der Waals surface area contributed by atoms with Gasteiger partial charge in [-0.2, -0.15) is 0 Å². The van der Waals surface area contributed by atoms with Gasteiger partial charge >= 0.3 is 0 Å². The molecule has 0 spiro atoms. The molecule has 2 aromatic heterocycles. The van der Waals surface area contributed by atoms with Gasteiger partial charge in [0, 0.05) is 32.9 Å². The largest absolute Gasteiger partial charge is 0.309 e. The number of aromatic nitrogens is 2. The molecule has 0 atom stereocenters. The minimum Gasteiger partial charge on any atom is -0.309 e. The number of nitrogens with zero attached hydrogens (tertiary/aromatic N) is 2. The molecular weight excluding hydrogens is 471 g/mol. The van der Waals surface area contributed by atoms with Crippen LogP contribution in [0.1, 0.15) is 0 Å². The number of hydrogen-bond acceptors (Lipinski definition) is 0. The quantitative estimate of drug-likeness (QED) is 0.221. The molecule has 39 heavy (non-hydrogen) atoms. The zero-order chi connectivity index (χ0) is 25.9. The van der Waals surface area contributed by atoms with E-state index < -0.39 is 0 Å². The highest BCUT2D eigenvalue weighted by Gasteiger charge is 2.15. The summed E-state index contributed by atoms with van der Waals surface area (Å²) in [5.74, 6) is 0. The first-order valence-corrected chi connectivity index (χ1v) is 13.5. The fraction of sp³-hybridized carbons (Fsp3) is 0. The molecule has 0 aliphatic rings. The third kappa shape index (κ3) is 3.37. The summed E-state index contributed by atoms with van der Waals surface area (Å²) in [4.78, 5) is 0. The molecule has 0 radical (unpaired) electrons. The molecule has 0 saturated heterocycles. The van der Waals surface area contributed by atoms with Gasteiger partial charge in [0.25, 0.3) is 0 Å². The van der Waals surface area contributed by atoms with Crippen molar-refractivity contribution in [3.8, 4) is 22.5 Å². The van der Waals surface area contributed by atoms with E-state index in [0.717, 1.165) is 0 Å². The zero-order valence-corrected chi connectivity index (χ0v) is 21.7. The van der Waals surface area contributed by atoms with Crippen molar-refractivity contribution < 1.29 is 0 Å². The van der Waals surface area contributed by atoms with E-state index >= 15 is 0 Å². The minimum absolute atomic E-state index is 1.18. The summed E-state index contributed by atoms with van der Waals surface area (Å²) in [5.41, 5.74) is 11.0. The summed E-state index contributed by atoms with van der Waals surface area (Å²) >= 11 is 0. The molecule has 0 fully saturated rings. The third-order valence-electron chi connectivity index (χ3n) is 7.99. The lowest BCUT2D eigenvalue weighted by Crippen LogP contribution is -2.02. The van der Waals surface area contributed by atoms with Gasteiger partial charge in [0.05, 0.1) is 22.1 Å². The second-order valence-electron chi connectivity index (χ2n) is 10.3. The Morgan fingerprint density at radius 2 is 0.795 bits per heavy atom. The van der Waals surface area contributed by atoms with Crippen LogP contribution in [-0.2, 0) is 0 Å². The Hall–Kier alpha value is -5.02. The summed E-state index contributed by atoms with van der Waals surface area (Å²) < 4.78 is 4.75. The van der Waals surface area contributed by atoms with Gasteiger partial charge in [-0.3, -0.25) is 0 Å². The van der Waals surface area contributed by atoms with Gasteiger partial charge in [0.2, 0.25) is 0 Å². The van der Waals surface area contributed by atoms with Crippen LogP contribution in [0.2, 0.25) is 0 Å². The highest BCUT2D eigenvalue weighted by molar-refractivity contribution is 6.32. The van der Waals surface area contributed by atoms with E-state index in [-0.39, 0.29) is 0 Å². The molecule has 0 aliphatic carbocycles. The smallest absolute Gasteiger partial charge is 0.139 e. The Bertz CT molecular complexity index is 2170. The molecule has 3 heteroatoms. The summed E-state index contributed by atoms with van der Waals surface area (Å²) in [7, 11) is 2.13. The van der Waals surface area contributed by atoms with Crippen LogP contribution in [0.3, 0.4) is 0 Å². The first kappa shape index (κ1) is 22.0. The Labute approximate surface area is 227 Å². The van der Waals surface area contributed by atoms with Crippen LogP contribution in [0.5, 0.6) is 0 Å². The SMILES string of the molecule is Bc1ccc(-n2c3ccccc3c3cc(-c4ccc5c(c4)c4ccccc4n5-c4ccccc4)ccc32)cc1. The van der Waals surface area contributed by atoms with Gasteiger partial charge < -0.3 is 9.13 Å². The topological polar surface area (TPSA) is 9.86 Å². The molecule has 0 N–H and O–H groups in total. The van der Waals surface area contributed by atoms with Crippen molar-refractivity contribution in [2.75, 3.05) is 0 Å². The number of benzene rings is 6. The van der Waals surface area contributed by atoms with E-state index in [0.29, 0.717) is 0 Å². The summed E-state index contributed by atoms with van der Waals surface area (Å²) in [6.45, 7) is 0. The van der Waals surface area contributed by atoms with E-state index in [1.54, 1.807) is 0 Å². The van der Waals surface area contributed by atoms with Crippen molar-refractivity contribution in [1.29, 1.82) is 0 Å². The molecule has 2 nitrogen and oxygen atoms in total. The molecule has 6 aromatic carbocycles. The van der Waals surface area contributed by atoms with E-state index in [9.17, 15) is 0 Å². The fourth-order valence-electron chi connectivity index (χ4n) is 6.13. The Morgan fingerprint density at radius 1 is 0.359 bits per heavy atom. The summed E-state index contributed by atoms with van der Waals surface area (Å²) in [5, 5.41) is 5.09. The van der Waals surface area contributed by atoms with Crippen molar-refractivity contribution in [3.05, 3.63) is 140 Å². The molecule has 0 bridgehead atoms. The van der Waals surface area contributed by atoms with Crippen LogP contribution in [-0.4, -0.2) is 17.0 Å². The van der Waals surface area contributed by atoms with Crippen molar-refractivity contribution in [2.45, 2.75) is 0 Å². The van der Waals surface area contributed by atoms with Crippen molar-refractivity contribution in [1.82, 2.24) is 9.13 Å². The number of fused-ring (bicyclic) bond motifs is 6. The molecule has 0 unspecified atom stereocenters. The fourth-order valence-corrected chi connectivity index (χ4v) is 6.13. The Balaban J connectivity index is 1.35. The highest BCUT2D eigenvalue weighted by Crippen LogP contribution is 2.38. The second-order valence-corrected chi connectivity index (χ2v) is 10.3. The zero-order valence-electron chi connectivity index (χ0n) is 21.7. The summed E-state index contributed by atoms with van der Waals surface area (Å²) in [6.07, 6.45) is 0. The first-order valence-electron chi connectivity index (χ1n) is 13.5. The van der Waals surface area contributed by atoms with Crippen LogP contribution in [0.25, 0.3) is 66.1 Å². The number of rotatable bonds is 3. The Kier molecular flexibility index (Phi) is 4.80. The summed E-state index contributed by atoms with van der Waals surface area (Å²) in [6, 6.07) is 50.7. The molecule has 2 heterocycles. The monoisotopic (exact) mass is 496 g/mol. The van der Waals surface area contributed by atoms with Crippen LogP contribution in [0.4, 0.5) is 0 Å². The van der Waals surface area contributed by atoms with Gasteiger partial charge in [-0.05, 0) is 71.8 Å². The molecule has 8 rings (SSSR count). The van der Waals surface area contributed by atoms with Crippen LogP contribution >= 0.6 is 0 Å². The average molecular weight is 496 g/mol. The maximum Gasteiger partial charge on any atom is 0.139 e. The van der Waals surface area contributed by atoms with Gasteiger partial charge in [0.1, 0.15) is 7.85 Å². The molecular formula is C36H25BN2. The number of hydrogen-bond donors (Lipinski definition) is 0. The second kappa shape index (κ2) is 8.51. The lowest BCUT2D eigenvalue weighted by molar-refractivity contribution is 1.18. The van der Waals surface area contributed by atoms with E-state index in [1.807, 2.05) is 0 Å². The van der Waals surface area contributed by atoms with Gasteiger partial charge in [-0.15, -0.1) is 0 Å². The normalized spacial score (nSPS) is 11.7. The molecule has 182 valence electrons. The van der Waals surface area contributed by atoms with Crippen LogP contribution in [0, 0.1) is 0 Å². The van der Waals surface area contributed by atoms with Crippen LogP contribution in [0.15, 0.2) is 140 Å². The Morgan fingerprint density at radius 3 is 1.33 bits per heavy atom. The average Bonchev–Trinajstić information content (AvgIpc) is 3.50. The maximum atomic E-state index is 2.38. The number of para-hydroxylation sites is 3. The standard InChI is InChI=1S/C36H25BN2/c37-26-16-18-28(19-17-26)39-34-13-7-5-11-30(34)32-23-25(15-21-36(32)39)24-14-20-35-31(22-24)29-10-4-6-12-33(29)38(35)27-8-2-1-3-9-27/h1-23H,37H2. The van der Waals surface area contributed by atoms with Gasteiger partial charge in [0.15, 0.2) is 0 Å². The lowest BCUT2D eigenvalue weighted by atomic mass is 9.96. The molecule has 0 amide bonds.